The Kier molecular flexibility index (Phi) is 9.25. The summed E-state index contributed by atoms with van der Waals surface area (Å²) < 4.78 is 25.8. The van der Waals surface area contributed by atoms with Crippen LogP contribution in [0.25, 0.3) is 0 Å². The molecule has 1 saturated carbocycles. The molecule has 0 saturated heterocycles. The summed E-state index contributed by atoms with van der Waals surface area (Å²) in [6.45, 7) is 2.81. The van der Waals surface area contributed by atoms with Crippen molar-refractivity contribution in [3.05, 3.63) is 35.4 Å². The summed E-state index contributed by atoms with van der Waals surface area (Å²) >= 11 is 0. The van der Waals surface area contributed by atoms with Crippen molar-refractivity contribution in [2.24, 2.45) is 10.9 Å². The first-order valence-corrected chi connectivity index (χ1v) is 12.0. The van der Waals surface area contributed by atoms with Gasteiger partial charge in [-0.15, -0.1) is 0 Å². The number of hydrogen-bond acceptors (Lipinski definition) is 3. The quantitative estimate of drug-likeness (QED) is 0.433. The summed E-state index contributed by atoms with van der Waals surface area (Å²) in [5.74, 6) is 1.66. The maximum Gasteiger partial charge on any atom is 0.215 e. The fourth-order valence-corrected chi connectivity index (χ4v) is 4.53. The predicted octanol–water partition coefficient (Wildman–Crippen LogP) is 3.15. The number of aliphatic imine (C=N–C) groups is 1. The van der Waals surface area contributed by atoms with E-state index >= 15 is 0 Å². The van der Waals surface area contributed by atoms with Crippen LogP contribution in [0, 0.1) is 5.92 Å². The molecule has 7 heteroatoms. The van der Waals surface area contributed by atoms with Crippen molar-refractivity contribution in [2.75, 3.05) is 14.1 Å². The summed E-state index contributed by atoms with van der Waals surface area (Å²) in [4.78, 5) is 4.32. The molecule has 1 fully saturated rings. The molecule has 1 aromatic carbocycles. The highest BCUT2D eigenvalue weighted by Crippen LogP contribution is 2.27. The second kappa shape index (κ2) is 11.4. The van der Waals surface area contributed by atoms with E-state index in [0.29, 0.717) is 12.6 Å². The van der Waals surface area contributed by atoms with Crippen molar-refractivity contribution in [2.45, 2.75) is 70.2 Å². The molecule has 0 heterocycles. The first-order chi connectivity index (χ1) is 13.4. The lowest BCUT2D eigenvalue weighted by Crippen LogP contribution is -2.42. The summed E-state index contributed by atoms with van der Waals surface area (Å²) in [5, 5.41) is 6.80. The molecule has 28 heavy (non-hydrogen) atoms. The Balaban J connectivity index is 1.79. The Morgan fingerprint density at radius 2 is 1.93 bits per heavy atom. The monoisotopic (exact) mass is 408 g/mol. The number of nitrogens with zero attached hydrogens (tertiary/aromatic N) is 1. The van der Waals surface area contributed by atoms with Crippen LogP contribution in [0.1, 0.15) is 63.0 Å². The Morgan fingerprint density at radius 1 is 1.21 bits per heavy atom. The van der Waals surface area contributed by atoms with E-state index in [4.69, 9.17) is 0 Å². The maximum absolute atomic E-state index is 11.7. The summed E-state index contributed by atoms with van der Waals surface area (Å²) in [7, 11) is -0.0502. The Hall–Kier alpha value is -1.60. The normalized spacial score (nSPS) is 17.3. The lowest BCUT2D eigenvalue weighted by Gasteiger charge is -2.24. The van der Waals surface area contributed by atoms with Crippen molar-refractivity contribution in [3.63, 3.8) is 0 Å². The third-order valence-electron chi connectivity index (χ3n) is 5.46. The van der Waals surface area contributed by atoms with E-state index in [1.807, 2.05) is 24.3 Å². The fraction of sp³-hybridized carbons (Fsp3) is 0.667. The second-order valence-corrected chi connectivity index (χ2v) is 9.76. The van der Waals surface area contributed by atoms with Gasteiger partial charge in [-0.25, -0.2) is 13.1 Å². The van der Waals surface area contributed by atoms with Gasteiger partial charge in [0, 0.05) is 19.6 Å². The van der Waals surface area contributed by atoms with Gasteiger partial charge in [0.15, 0.2) is 5.96 Å². The molecule has 1 aliphatic rings. The minimum atomic E-state index is -3.26. The van der Waals surface area contributed by atoms with Crippen molar-refractivity contribution in [1.29, 1.82) is 0 Å². The van der Waals surface area contributed by atoms with Crippen molar-refractivity contribution in [1.82, 2.24) is 15.4 Å². The molecule has 1 aliphatic carbocycles. The molecular formula is C21H36N4O2S. The van der Waals surface area contributed by atoms with Gasteiger partial charge in [-0.3, -0.25) is 4.99 Å². The standard InChI is InChI=1S/C21H36N4O2S/c1-17(12-13-18-8-5-4-6-9-18)25-21(22-2)24-15-19-10-7-11-20(14-19)16-28(26,27)23-3/h7,10-11,14,17-18,23H,4-6,8-9,12-13,15-16H2,1-3H3,(H2,22,24,25). The van der Waals surface area contributed by atoms with E-state index in [-0.39, 0.29) is 5.75 Å². The van der Waals surface area contributed by atoms with Gasteiger partial charge in [0.25, 0.3) is 0 Å². The molecule has 1 unspecified atom stereocenters. The van der Waals surface area contributed by atoms with Crippen LogP contribution in [-0.4, -0.2) is 34.5 Å². The van der Waals surface area contributed by atoms with E-state index < -0.39 is 10.0 Å². The highest BCUT2D eigenvalue weighted by atomic mass is 32.2. The molecular weight excluding hydrogens is 372 g/mol. The maximum atomic E-state index is 11.7. The predicted molar refractivity (Wildman–Crippen MR) is 117 cm³/mol. The van der Waals surface area contributed by atoms with Crippen LogP contribution in [-0.2, 0) is 22.3 Å². The van der Waals surface area contributed by atoms with Gasteiger partial charge in [-0.05, 0) is 43.9 Å². The first kappa shape index (κ1) is 22.7. The largest absolute Gasteiger partial charge is 0.354 e. The highest BCUT2D eigenvalue weighted by molar-refractivity contribution is 7.88. The van der Waals surface area contributed by atoms with E-state index in [1.165, 1.54) is 45.6 Å². The van der Waals surface area contributed by atoms with Crippen LogP contribution < -0.4 is 15.4 Å². The van der Waals surface area contributed by atoms with Gasteiger partial charge in [0.05, 0.1) is 5.75 Å². The number of guanidine groups is 1. The first-order valence-electron chi connectivity index (χ1n) is 10.4. The van der Waals surface area contributed by atoms with Gasteiger partial charge in [-0.2, -0.15) is 0 Å². The number of benzene rings is 1. The number of sulfonamides is 1. The zero-order valence-electron chi connectivity index (χ0n) is 17.5. The molecule has 3 N–H and O–H groups in total. The molecule has 0 radical (unpaired) electrons. The van der Waals surface area contributed by atoms with Gasteiger partial charge in [-0.1, -0.05) is 56.4 Å². The molecule has 0 spiro atoms. The molecule has 0 aliphatic heterocycles. The smallest absolute Gasteiger partial charge is 0.215 e. The van der Waals surface area contributed by atoms with Crippen LogP contribution in [0.15, 0.2) is 29.3 Å². The molecule has 1 atom stereocenters. The lowest BCUT2D eigenvalue weighted by atomic mass is 9.85. The van der Waals surface area contributed by atoms with E-state index in [0.717, 1.165) is 29.4 Å². The van der Waals surface area contributed by atoms with E-state index in [2.05, 4.69) is 27.3 Å². The van der Waals surface area contributed by atoms with Crippen molar-refractivity contribution >= 4 is 16.0 Å². The molecule has 2 rings (SSSR count). The third-order valence-corrected chi connectivity index (χ3v) is 6.79. The molecule has 6 nitrogen and oxygen atoms in total. The molecule has 1 aromatic rings. The number of hydrogen-bond donors (Lipinski definition) is 3. The zero-order chi connectivity index (χ0) is 20.4. The molecule has 0 bridgehead atoms. The number of rotatable bonds is 9. The molecule has 158 valence electrons. The molecule has 0 aromatic heterocycles. The summed E-state index contributed by atoms with van der Waals surface area (Å²) in [5.41, 5.74) is 1.80. The highest BCUT2D eigenvalue weighted by Gasteiger charge is 2.15. The van der Waals surface area contributed by atoms with Gasteiger partial charge in [0.2, 0.25) is 10.0 Å². The minimum absolute atomic E-state index is 0.0114. The SMILES string of the molecule is CN=C(NCc1cccc(CS(=O)(=O)NC)c1)NC(C)CCC1CCCCC1. The average molecular weight is 409 g/mol. The lowest BCUT2D eigenvalue weighted by molar-refractivity contribution is 0.322. The van der Waals surface area contributed by atoms with Crippen molar-refractivity contribution < 1.29 is 8.42 Å². The molecule has 0 amide bonds. The van der Waals surface area contributed by atoms with Crippen LogP contribution >= 0.6 is 0 Å². The van der Waals surface area contributed by atoms with Gasteiger partial charge >= 0.3 is 0 Å². The summed E-state index contributed by atoms with van der Waals surface area (Å²) in [6.07, 6.45) is 9.41. The summed E-state index contributed by atoms with van der Waals surface area (Å²) in [6, 6.07) is 8.00. The van der Waals surface area contributed by atoms with Crippen molar-refractivity contribution in [3.8, 4) is 0 Å². The van der Waals surface area contributed by atoms with E-state index in [9.17, 15) is 8.42 Å². The van der Waals surface area contributed by atoms with E-state index in [1.54, 1.807) is 7.05 Å². The topological polar surface area (TPSA) is 82.6 Å². The van der Waals surface area contributed by atoms with Gasteiger partial charge < -0.3 is 10.6 Å². The van der Waals surface area contributed by atoms with Crippen LogP contribution in [0.4, 0.5) is 0 Å². The third kappa shape index (κ3) is 8.19. The van der Waals surface area contributed by atoms with Crippen LogP contribution in [0.5, 0.6) is 0 Å². The Labute approximate surface area is 170 Å². The van der Waals surface area contributed by atoms with Crippen LogP contribution in [0.2, 0.25) is 0 Å². The minimum Gasteiger partial charge on any atom is -0.354 e. The fourth-order valence-electron chi connectivity index (χ4n) is 3.77. The zero-order valence-corrected chi connectivity index (χ0v) is 18.3. The van der Waals surface area contributed by atoms with Gasteiger partial charge in [0.1, 0.15) is 0 Å². The number of nitrogens with one attached hydrogen (secondary N) is 3. The Morgan fingerprint density at radius 3 is 2.61 bits per heavy atom. The Bertz CT molecular complexity index is 728. The van der Waals surface area contributed by atoms with Crippen LogP contribution in [0.3, 0.4) is 0 Å². The average Bonchev–Trinajstić information content (AvgIpc) is 2.70. The second-order valence-electron chi connectivity index (χ2n) is 7.84.